The molecule has 0 saturated carbocycles. The number of benzene rings is 1. The van der Waals surface area contributed by atoms with Gasteiger partial charge < -0.3 is 5.73 Å². The highest BCUT2D eigenvalue weighted by Gasteiger charge is 2.16. The van der Waals surface area contributed by atoms with E-state index in [9.17, 15) is 0 Å². The van der Waals surface area contributed by atoms with Crippen molar-refractivity contribution >= 4 is 15.9 Å². The van der Waals surface area contributed by atoms with Crippen molar-refractivity contribution in [2.75, 3.05) is 0 Å². The van der Waals surface area contributed by atoms with Crippen molar-refractivity contribution in [3.05, 3.63) is 34.3 Å². The summed E-state index contributed by atoms with van der Waals surface area (Å²) in [7, 11) is 0. The molecule has 0 aliphatic rings. The van der Waals surface area contributed by atoms with Crippen LogP contribution in [-0.4, -0.2) is 0 Å². The molecule has 0 amide bonds. The maximum absolute atomic E-state index is 6.13. The van der Waals surface area contributed by atoms with E-state index < -0.39 is 0 Å². The summed E-state index contributed by atoms with van der Waals surface area (Å²) in [4.78, 5) is 0. The van der Waals surface area contributed by atoms with Crippen molar-refractivity contribution in [1.82, 2.24) is 0 Å². The predicted molar refractivity (Wildman–Crippen MR) is 65.1 cm³/mol. The van der Waals surface area contributed by atoms with Crippen LogP contribution < -0.4 is 5.73 Å². The van der Waals surface area contributed by atoms with E-state index in [1.807, 2.05) is 12.1 Å². The summed E-state index contributed by atoms with van der Waals surface area (Å²) >= 11 is 3.45. The Balaban J connectivity index is 2.74. The van der Waals surface area contributed by atoms with Crippen LogP contribution in [0.2, 0.25) is 0 Å². The summed E-state index contributed by atoms with van der Waals surface area (Å²) in [5.74, 6) is 0. The van der Waals surface area contributed by atoms with Crippen molar-refractivity contribution in [3.8, 4) is 0 Å². The van der Waals surface area contributed by atoms with Gasteiger partial charge in [0.05, 0.1) is 0 Å². The highest BCUT2D eigenvalue weighted by Crippen LogP contribution is 2.28. The minimum absolute atomic E-state index is 0.132. The molecule has 0 heterocycles. The molecule has 0 aromatic heterocycles. The topological polar surface area (TPSA) is 26.0 Å². The van der Waals surface area contributed by atoms with E-state index in [2.05, 4.69) is 48.8 Å². The van der Waals surface area contributed by atoms with Crippen LogP contribution in [0.1, 0.15) is 38.8 Å². The number of hydrogen-bond donors (Lipinski definition) is 1. The average molecular weight is 256 g/mol. The lowest BCUT2D eigenvalue weighted by Gasteiger charge is -2.23. The molecule has 0 aliphatic heterocycles. The smallest absolute Gasteiger partial charge is 0.0300 e. The Morgan fingerprint density at radius 2 is 2.00 bits per heavy atom. The maximum Gasteiger partial charge on any atom is 0.0300 e. The van der Waals surface area contributed by atoms with Crippen molar-refractivity contribution in [3.63, 3.8) is 0 Å². The van der Waals surface area contributed by atoms with Gasteiger partial charge in [-0.1, -0.05) is 48.8 Å². The number of hydrogen-bond acceptors (Lipinski definition) is 1. The standard InChI is InChI=1S/C12H18BrN/c1-12(2,3)8-11(14)9-5-4-6-10(13)7-9/h4-7,11H,8,14H2,1-3H3. The van der Waals surface area contributed by atoms with Crippen LogP contribution >= 0.6 is 15.9 Å². The first-order valence-electron chi connectivity index (χ1n) is 4.89. The zero-order valence-corrected chi connectivity index (χ0v) is 10.6. The zero-order chi connectivity index (χ0) is 10.8. The average Bonchev–Trinajstić information content (AvgIpc) is 2.01. The molecular weight excluding hydrogens is 238 g/mol. The molecule has 0 aliphatic carbocycles. The largest absolute Gasteiger partial charge is 0.324 e. The second kappa shape index (κ2) is 4.45. The highest BCUT2D eigenvalue weighted by atomic mass is 79.9. The van der Waals surface area contributed by atoms with Crippen molar-refractivity contribution in [1.29, 1.82) is 0 Å². The molecule has 1 rings (SSSR count). The van der Waals surface area contributed by atoms with Gasteiger partial charge in [-0.3, -0.25) is 0 Å². The zero-order valence-electron chi connectivity index (χ0n) is 9.05. The molecular formula is C12H18BrN. The molecule has 0 saturated heterocycles. The Bertz CT molecular complexity index is 301. The van der Waals surface area contributed by atoms with Gasteiger partial charge in [0.15, 0.2) is 0 Å². The van der Waals surface area contributed by atoms with Crippen molar-refractivity contribution in [2.45, 2.75) is 33.2 Å². The van der Waals surface area contributed by atoms with Gasteiger partial charge in [-0.2, -0.15) is 0 Å². The van der Waals surface area contributed by atoms with Crippen LogP contribution in [0.15, 0.2) is 28.7 Å². The summed E-state index contributed by atoms with van der Waals surface area (Å²) in [5, 5.41) is 0. The fraction of sp³-hybridized carbons (Fsp3) is 0.500. The van der Waals surface area contributed by atoms with Crippen LogP contribution in [0.5, 0.6) is 0 Å². The lowest BCUT2D eigenvalue weighted by molar-refractivity contribution is 0.343. The molecule has 0 fully saturated rings. The van der Waals surface area contributed by atoms with Crippen LogP contribution in [0.4, 0.5) is 0 Å². The predicted octanol–water partition coefficient (Wildman–Crippen LogP) is 3.89. The molecule has 78 valence electrons. The molecule has 1 aromatic rings. The lowest BCUT2D eigenvalue weighted by Crippen LogP contribution is -2.18. The van der Waals surface area contributed by atoms with E-state index in [4.69, 9.17) is 5.73 Å². The van der Waals surface area contributed by atoms with E-state index in [0.29, 0.717) is 0 Å². The Hall–Kier alpha value is -0.340. The fourth-order valence-electron chi connectivity index (χ4n) is 1.51. The summed E-state index contributed by atoms with van der Waals surface area (Å²) in [5.41, 5.74) is 7.61. The van der Waals surface area contributed by atoms with Gasteiger partial charge in [0.25, 0.3) is 0 Å². The number of rotatable bonds is 2. The first-order chi connectivity index (χ1) is 6.38. The van der Waals surface area contributed by atoms with Crippen LogP contribution in [0, 0.1) is 5.41 Å². The highest BCUT2D eigenvalue weighted by molar-refractivity contribution is 9.10. The molecule has 2 N–H and O–H groups in total. The monoisotopic (exact) mass is 255 g/mol. The van der Waals surface area contributed by atoms with Crippen LogP contribution in [0.25, 0.3) is 0 Å². The summed E-state index contributed by atoms with van der Waals surface area (Å²) < 4.78 is 1.10. The van der Waals surface area contributed by atoms with E-state index in [1.165, 1.54) is 5.56 Å². The summed E-state index contributed by atoms with van der Waals surface area (Å²) in [6.45, 7) is 6.64. The van der Waals surface area contributed by atoms with Gasteiger partial charge in [-0.05, 0) is 29.5 Å². The molecule has 14 heavy (non-hydrogen) atoms. The minimum Gasteiger partial charge on any atom is -0.324 e. The molecule has 1 unspecified atom stereocenters. The van der Waals surface area contributed by atoms with Crippen molar-refractivity contribution in [2.24, 2.45) is 11.1 Å². The molecule has 1 aromatic carbocycles. The molecule has 0 radical (unpaired) electrons. The second-order valence-corrected chi connectivity index (χ2v) is 5.84. The SMILES string of the molecule is CC(C)(C)CC(N)c1cccc(Br)c1. The van der Waals surface area contributed by atoms with E-state index in [-0.39, 0.29) is 11.5 Å². The fourth-order valence-corrected chi connectivity index (χ4v) is 1.93. The Morgan fingerprint density at radius 1 is 1.36 bits per heavy atom. The van der Waals surface area contributed by atoms with Crippen LogP contribution in [-0.2, 0) is 0 Å². The Kier molecular flexibility index (Phi) is 3.73. The molecule has 0 spiro atoms. The summed E-state index contributed by atoms with van der Waals surface area (Å²) in [6, 6.07) is 8.36. The maximum atomic E-state index is 6.13. The van der Waals surface area contributed by atoms with Crippen LogP contribution in [0.3, 0.4) is 0 Å². The molecule has 1 nitrogen and oxygen atoms in total. The van der Waals surface area contributed by atoms with Gasteiger partial charge in [0, 0.05) is 10.5 Å². The Morgan fingerprint density at radius 3 is 2.50 bits per heavy atom. The normalized spacial score (nSPS) is 14.1. The second-order valence-electron chi connectivity index (χ2n) is 4.93. The Labute approximate surface area is 94.8 Å². The third-order valence-corrected chi connectivity index (χ3v) is 2.60. The number of halogens is 1. The van der Waals surface area contributed by atoms with E-state index in [1.54, 1.807) is 0 Å². The van der Waals surface area contributed by atoms with E-state index >= 15 is 0 Å². The molecule has 0 bridgehead atoms. The van der Waals surface area contributed by atoms with Gasteiger partial charge in [-0.25, -0.2) is 0 Å². The first-order valence-corrected chi connectivity index (χ1v) is 5.69. The van der Waals surface area contributed by atoms with Gasteiger partial charge in [0.2, 0.25) is 0 Å². The molecule has 2 heteroatoms. The van der Waals surface area contributed by atoms with E-state index in [0.717, 1.165) is 10.9 Å². The molecule has 1 atom stereocenters. The third kappa shape index (κ3) is 3.81. The lowest BCUT2D eigenvalue weighted by atomic mass is 9.86. The minimum atomic E-state index is 0.132. The van der Waals surface area contributed by atoms with Gasteiger partial charge >= 0.3 is 0 Å². The van der Waals surface area contributed by atoms with Crippen molar-refractivity contribution < 1.29 is 0 Å². The summed E-state index contributed by atoms with van der Waals surface area (Å²) in [6.07, 6.45) is 1.00. The van der Waals surface area contributed by atoms with Gasteiger partial charge in [0.1, 0.15) is 0 Å². The van der Waals surface area contributed by atoms with Gasteiger partial charge in [-0.15, -0.1) is 0 Å². The third-order valence-electron chi connectivity index (χ3n) is 2.11. The first kappa shape index (κ1) is 11.7. The number of nitrogens with two attached hydrogens (primary N) is 1. The quantitative estimate of drug-likeness (QED) is 0.853.